The second-order valence-electron chi connectivity index (χ2n) is 5.23. The van der Waals surface area contributed by atoms with Crippen molar-refractivity contribution in [1.82, 2.24) is 4.90 Å². The topological polar surface area (TPSA) is 57.6 Å². The van der Waals surface area contributed by atoms with E-state index in [0.717, 1.165) is 22.2 Å². The van der Waals surface area contributed by atoms with E-state index >= 15 is 0 Å². The van der Waals surface area contributed by atoms with Gasteiger partial charge < -0.3 is 5.11 Å². The summed E-state index contributed by atoms with van der Waals surface area (Å²) in [6.45, 7) is 0.163. The number of thioether (sulfide) groups is 1. The van der Waals surface area contributed by atoms with Gasteiger partial charge in [0.05, 0.1) is 21.5 Å². The number of carbonyl (C=O) groups is 2. The molecule has 8 heteroatoms. The molecule has 0 aliphatic carbocycles. The van der Waals surface area contributed by atoms with Crippen LogP contribution in [-0.4, -0.2) is 21.2 Å². The van der Waals surface area contributed by atoms with Gasteiger partial charge >= 0.3 is 0 Å². The van der Waals surface area contributed by atoms with Crippen molar-refractivity contribution in [3.05, 3.63) is 67.5 Å². The maximum Gasteiger partial charge on any atom is 0.293 e. The number of amides is 2. The molecule has 1 N–H and O–H groups in total. The van der Waals surface area contributed by atoms with Crippen LogP contribution in [0.3, 0.4) is 0 Å². The van der Waals surface area contributed by atoms with E-state index in [1.165, 1.54) is 18.2 Å². The van der Waals surface area contributed by atoms with Crippen LogP contribution in [0.25, 0.3) is 6.08 Å². The Bertz CT molecular complexity index is 874. The van der Waals surface area contributed by atoms with E-state index < -0.39 is 5.91 Å². The van der Waals surface area contributed by atoms with E-state index in [4.69, 9.17) is 34.8 Å². The molecule has 0 bridgehead atoms. The number of phenols is 1. The summed E-state index contributed by atoms with van der Waals surface area (Å²) < 4.78 is 0. The molecule has 0 aromatic heterocycles. The molecule has 1 heterocycles. The summed E-state index contributed by atoms with van der Waals surface area (Å²) in [7, 11) is 0. The zero-order chi connectivity index (χ0) is 18.1. The van der Waals surface area contributed by atoms with Crippen LogP contribution < -0.4 is 0 Å². The number of hydrogen-bond acceptors (Lipinski definition) is 4. The molecule has 2 amide bonds. The van der Waals surface area contributed by atoms with Gasteiger partial charge in [-0.05, 0) is 53.2 Å². The molecule has 0 spiro atoms. The van der Waals surface area contributed by atoms with Crippen molar-refractivity contribution >= 4 is 63.8 Å². The molecule has 0 unspecified atom stereocenters. The predicted octanol–water partition coefficient (Wildman–Crippen LogP) is 5.59. The van der Waals surface area contributed by atoms with Crippen LogP contribution in [0, 0.1) is 0 Å². The molecule has 1 fully saturated rings. The standard InChI is InChI=1S/C17H10Cl3NO3S/c18-11-3-1-9(2-4-11)8-21-16(23)14(25-17(21)24)7-10-5-12(19)15(22)13(20)6-10/h1-7,22H,8H2/b14-7-. The molecule has 4 nitrogen and oxygen atoms in total. The molecule has 0 atom stereocenters. The van der Waals surface area contributed by atoms with Gasteiger partial charge in [-0.3, -0.25) is 14.5 Å². The molecule has 3 rings (SSSR count). The van der Waals surface area contributed by atoms with Gasteiger partial charge in [-0.15, -0.1) is 0 Å². The third-order valence-corrected chi connectivity index (χ3v) is 5.20. The Hall–Kier alpha value is -1.66. The Morgan fingerprint density at radius 2 is 1.64 bits per heavy atom. The average molecular weight is 415 g/mol. The SMILES string of the molecule is O=C1S/C(=C\c2cc(Cl)c(O)c(Cl)c2)C(=O)N1Cc1ccc(Cl)cc1. The van der Waals surface area contributed by atoms with Crippen molar-refractivity contribution < 1.29 is 14.7 Å². The fourth-order valence-electron chi connectivity index (χ4n) is 2.23. The normalized spacial score (nSPS) is 16.1. The van der Waals surface area contributed by atoms with Gasteiger partial charge in [-0.2, -0.15) is 0 Å². The van der Waals surface area contributed by atoms with Gasteiger partial charge in [0.25, 0.3) is 11.1 Å². The van der Waals surface area contributed by atoms with Gasteiger partial charge in [0, 0.05) is 5.02 Å². The van der Waals surface area contributed by atoms with E-state index in [-0.39, 0.29) is 32.5 Å². The lowest BCUT2D eigenvalue weighted by molar-refractivity contribution is -0.123. The van der Waals surface area contributed by atoms with E-state index in [1.807, 2.05) is 0 Å². The highest BCUT2D eigenvalue weighted by molar-refractivity contribution is 8.18. The van der Waals surface area contributed by atoms with Crippen LogP contribution in [-0.2, 0) is 11.3 Å². The Labute approximate surface area is 163 Å². The van der Waals surface area contributed by atoms with E-state index in [9.17, 15) is 14.7 Å². The molecular weight excluding hydrogens is 405 g/mol. The summed E-state index contributed by atoms with van der Waals surface area (Å²) in [5.74, 6) is -0.624. The quantitative estimate of drug-likeness (QED) is 0.665. The lowest BCUT2D eigenvalue weighted by atomic mass is 10.2. The van der Waals surface area contributed by atoms with E-state index in [0.29, 0.717) is 10.6 Å². The molecular formula is C17H10Cl3NO3S. The Kier molecular flexibility index (Phi) is 5.29. The van der Waals surface area contributed by atoms with Gasteiger partial charge in [0.15, 0.2) is 5.75 Å². The van der Waals surface area contributed by atoms with Crippen LogP contribution in [0.4, 0.5) is 4.79 Å². The second-order valence-corrected chi connectivity index (χ2v) is 7.47. The second kappa shape index (κ2) is 7.30. The van der Waals surface area contributed by atoms with E-state index in [1.54, 1.807) is 24.3 Å². The van der Waals surface area contributed by atoms with Gasteiger partial charge in [0.1, 0.15) is 0 Å². The molecule has 25 heavy (non-hydrogen) atoms. The summed E-state index contributed by atoms with van der Waals surface area (Å²) in [6, 6.07) is 9.86. The van der Waals surface area contributed by atoms with Crippen molar-refractivity contribution in [3.63, 3.8) is 0 Å². The molecule has 0 radical (unpaired) electrons. The van der Waals surface area contributed by atoms with Gasteiger partial charge in [0.2, 0.25) is 0 Å². The van der Waals surface area contributed by atoms with Crippen LogP contribution >= 0.6 is 46.6 Å². The highest BCUT2D eigenvalue weighted by atomic mass is 35.5. The summed E-state index contributed by atoms with van der Waals surface area (Å²) in [6.07, 6.45) is 1.52. The summed E-state index contributed by atoms with van der Waals surface area (Å²) in [4.78, 5) is 26.1. The fraction of sp³-hybridized carbons (Fsp3) is 0.0588. The smallest absolute Gasteiger partial charge is 0.293 e. The zero-order valence-electron chi connectivity index (χ0n) is 12.5. The Morgan fingerprint density at radius 3 is 2.24 bits per heavy atom. The fourth-order valence-corrected chi connectivity index (χ4v) is 3.70. The van der Waals surface area contributed by atoms with Crippen LogP contribution in [0.5, 0.6) is 5.75 Å². The maximum absolute atomic E-state index is 12.5. The Balaban J connectivity index is 1.84. The highest BCUT2D eigenvalue weighted by Crippen LogP contribution is 2.37. The Morgan fingerprint density at radius 1 is 1.04 bits per heavy atom. The number of phenolic OH excluding ortho intramolecular Hbond substituents is 1. The minimum absolute atomic E-state index is 0.0687. The summed E-state index contributed by atoms with van der Waals surface area (Å²) in [5.41, 5.74) is 1.31. The van der Waals surface area contributed by atoms with Crippen molar-refractivity contribution in [1.29, 1.82) is 0 Å². The lowest BCUT2D eigenvalue weighted by Gasteiger charge is -2.12. The number of carbonyl (C=O) groups excluding carboxylic acids is 2. The number of imide groups is 1. The van der Waals surface area contributed by atoms with Crippen molar-refractivity contribution in [3.8, 4) is 5.75 Å². The lowest BCUT2D eigenvalue weighted by Crippen LogP contribution is -2.27. The van der Waals surface area contributed by atoms with Crippen LogP contribution in [0.1, 0.15) is 11.1 Å². The van der Waals surface area contributed by atoms with Crippen LogP contribution in [0.15, 0.2) is 41.3 Å². The molecule has 128 valence electrons. The zero-order valence-corrected chi connectivity index (χ0v) is 15.6. The first-order valence-corrected chi connectivity index (χ1v) is 8.98. The van der Waals surface area contributed by atoms with E-state index in [2.05, 4.69) is 0 Å². The van der Waals surface area contributed by atoms with Gasteiger partial charge in [-0.25, -0.2) is 0 Å². The highest BCUT2D eigenvalue weighted by Gasteiger charge is 2.35. The van der Waals surface area contributed by atoms with Crippen molar-refractivity contribution in [2.45, 2.75) is 6.54 Å². The van der Waals surface area contributed by atoms with Crippen LogP contribution in [0.2, 0.25) is 15.1 Å². The predicted molar refractivity (Wildman–Crippen MR) is 101 cm³/mol. The monoisotopic (exact) mass is 413 g/mol. The third kappa shape index (κ3) is 3.96. The number of rotatable bonds is 3. The average Bonchev–Trinajstić information content (AvgIpc) is 2.82. The van der Waals surface area contributed by atoms with Gasteiger partial charge in [-0.1, -0.05) is 46.9 Å². The number of nitrogens with zero attached hydrogens (tertiary/aromatic N) is 1. The minimum atomic E-state index is -0.398. The molecule has 2 aromatic rings. The first-order chi connectivity index (χ1) is 11.8. The number of hydrogen-bond donors (Lipinski definition) is 1. The number of benzene rings is 2. The molecule has 1 aliphatic heterocycles. The largest absolute Gasteiger partial charge is 0.505 e. The summed E-state index contributed by atoms with van der Waals surface area (Å²) in [5, 5.41) is 9.94. The molecule has 1 aliphatic rings. The first-order valence-electron chi connectivity index (χ1n) is 7.03. The summed E-state index contributed by atoms with van der Waals surface area (Å²) >= 11 is 18.4. The number of halogens is 3. The van der Waals surface area contributed by atoms with Crippen molar-refractivity contribution in [2.24, 2.45) is 0 Å². The molecule has 1 saturated heterocycles. The minimum Gasteiger partial charge on any atom is -0.505 e. The number of aromatic hydroxyl groups is 1. The maximum atomic E-state index is 12.5. The van der Waals surface area contributed by atoms with Crippen molar-refractivity contribution in [2.75, 3.05) is 0 Å². The molecule has 2 aromatic carbocycles. The third-order valence-electron chi connectivity index (χ3n) is 3.46. The molecule has 0 saturated carbocycles. The first kappa shape index (κ1) is 18.1.